The first-order valence-electron chi connectivity index (χ1n) is 8.78. The number of para-hydroxylation sites is 1. The SMILES string of the molecule is Nc1nc[n+](Cc2ccccc2)c2nc(SCCOc3ccccc3F)[nH]c12. The van der Waals surface area contributed by atoms with Crippen LogP contribution in [0.3, 0.4) is 0 Å². The third kappa shape index (κ3) is 4.07. The molecule has 4 aromatic rings. The zero-order valence-electron chi connectivity index (χ0n) is 15.0. The molecule has 0 radical (unpaired) electrons. The van der Waals surface area contributed by atoms with Gasteiger partial charge in [0.1, 0.15) is 0 Å². The average Bonchev–Trinajstić information content (AvgIpc) is 3.15. The van der Waals surface area contributed by atoms with Crippen LogP contribution < -0.4 is 15.0 Å². The van der Waals surface area contributed by atoms with Crippen molar-refractivity contribution in [2.75, 3.05) is 18.1 Å². The minimum atomic E-state index is -0.364. The molecule has 4 rings (SSSR count). The van der Waals surface area contributed by atoms with Crippen LogP contribution in [0.15, 0.2) is 66.1 Å². The molecule has 3 N–H and O–H groups in total. The number of aromatic amines is 1. The number of benzene rings is 2. The predicted octanol–water partition coefficient (Wildman–Crippen LogP) is 3.19. The number of fused-ring (bicyclic) bond motifs is 1. The Labute approximate surface area is 165 Å². The normalized spacial score (nSPS) is 11.0. The summed E-state index contributed by atoms with van der Waals surface area (Å²) in [6, 6.07) is 16.5. The molecule has 0 atom stereocenters. The van der Waals surface area contributed by atoms with Crippen LogP contribution in [0.4, 0.5) is 10.2 Å². The third-order valence-corrected chi connectivity index (χ3v) is 4.98. The number of ether oxygens (including phenoxy) is 1. The molecule has 2 aromatic heterocycles. The van der Waals surface area contributed by atoms with Crippen LogP contribution in [0.1, 0.15) is 5.56 Å². The Balaban J connectivity index is 1.45. The first kappa shape index (κ1) is 18.2. The van der Waals surface area contributed by atoms with E-state index in [1.807, 2.05) is 22.8 Å². The van der Waals surface area contributed by atoms with E-state index in [1.165, 1.54) is 17.8 Å². The van der Waals surface area contributed by atoms with Crippen molar-refractivity contribution in [2.45, 2.75) is 11.7 Å². The van der Waals surface area contributed by atoms with Crippen molar-refractivity contribution >= 4 is 28.7 Å². The summed E-state index contributed by atoms with van der Waals surface area (Å²) < 4.78 is 21.0. The highest BCUT2D eigenvalue weighted by Gasteiger charge is 2.18. The number of aromatic nitrogens is 4. The van der Waals surface area contributed by atoms with Gasteiger partial charge in [0.05, 0.1) is 13.2 Å². The van der Waals surface area contributed by atoms with Gasteiger partial charge in [-0.15, -0.1) is 0 Å². The lowest BCUT2D eigenvalue weighted by atomic mass is 10.2. The number of imidazole rings is 1. The summed E-state index contributed by atoms with van der Waals surface area (Å²) in [5.74, 6) is 0.903. The molecular weight excluding hydrogens is 377 g/mol. The molecule has 0 bridgehead atoms. The number of hydrogen-bond donors (Lipinski definition) is 2. The number of H-pyrrole nitrogens is 1. The van der Waals surface area contributed by atoms with Gasteiger partial charge in [0, 0.05) is 5.75 Å². The first-order chi connectivity index (χ1) is 13.7. The van der Waals surface area contributed by atoms with Crippen molar-refractivity contribution in [3.63, 3.8) is 0 Å². The van der Waals surface area contributed by atoms with Gasteiger partial charge in [0.15, 0.2) is 17.1 Å². The molecule has 2 heterocycles. The van der Waals surface area contributed by atoms with Gasteiger partial charge >= 0.3 is 0 Å². The number of thioether (sulfide) groups is 1. The summed E-state index contributed by atoms with van der Waals surface area (Å²) in [5.41, 5.74) is 8.61. The van der Waals surface area contributed by atoms with Crippen molar-refractivity contribution in [2.24, 2.45) is 0 Å². The molecule has 0 spiro atoms. The average molecular weight is 396 g/mol. The molecule has 8 heteroatoms. The van der Waals surface area contributed by atoms with Crippen molar-refractivity contribution in [1.29, 1.82) is 0 Å². The van der Waals surface area contributed by atoms with Gasteiger partial charge in [-0.2, -0.15) is 0 Å². The van der Waals surface area contributed by atoms with Crippen LogP contribution in [0, 0.1) is 5.82 Å². The van der Waals surface area contributed by atoms with Crippen LogP contribution >= 0.6 is 11.8 Å². The molecule has 0 aliphatic heterocycles. The Morgan fingerprint density at radius 3 is 2.71 bits per heavy atom. The summed E-state index contributed by atoms with van der Waals surface area (Å²) in [5, 5.41) is 0.716. The molecule has 0 saturated carbocycles. The van der Waals surface area contributed by atoms with E-state index in [1.54, 1.807) is 24.5 Å². The Morgan fingerprint density at radius 1 is 1.11 bits per heavy atom. The lowest BCUT2D eigenvalue weighted by Crippen LogP contribution is -2.36. The minimum absolute atomic E-state index is 0.252. The molecule has 0 amide bonds. The standard InChI is InChI=1S/C20H18FN5OS/c21-15-8-4-5-9-16(15)27-10-11-28-20-24-17-18(22)23-13-26(19(17)25-20)12-14-6-2-1-3-7-14/h1-9,13H,10-12H2,(H2,22,24,25)/p+1. The van der Waals surface area contributed by atoms with Crippen LogP contribution in [0.25, 0.3) is 11.2 Å². The van der Waals surface area contributed by atoms with Gasteiger partial charge in [-0.1, -0.05) is 64.2 Å². The number of nitrogen functional groups attached to an aromatic ring is 1. The van der Waals surface area contributed by atoms with E-state index in [0.717, 1.165) is 11.2 Å². The van der Waals surface area contributed by atoms with E-state index < -0.39 is 0 Å². The highest BCUT2D eigenvalue weighted by Crippen LogP contribution is 2.21. The van der Waals surface area contributed by atoms with Crippen molar-refractivity contribution in [3.05, 3.63) is 72.3 Å². The maximum absolute atomic E-state index is 13.6. The van der Waals surface area contributed by atoms with Gasteiger partial charge in [-0.05, 0) is 17.7 Å². The van der Waals surface area contributed by atoms with E-state index in [4.69, 9.17) is 10.5 Å². The highest BCUT2D eigenvalue weighted by molar-refractivity contribution is 7.99. The van der Waals surface area contributed by atoms with Crippen LogP contribution in [0.2, 0.25) is 0 Å². The molecule has 0 aliphatic rings. The van der Waals surface area contributed by atoms with E-state index in [-0.39, 0.29) is 11.6 Å². The summed E-state index contributed by atoms with van der Waals surface area (Å²) in [6.45, 7) is 1.01. The van der Waals surface area contributed by atoms with E-state index in [0.29, 0.717) is 35.4 Å². The van der Waals surface area contributed by atoms with Gasteiger partial charge in [0.2, 0.25) is 17.3 Å². The monoisotopic (exact) mass is 396 g/mol. The lowest BCUT2D eigenvalue weighted by Gasteiger charge is -2.05. The van der Waals surface area contributed by atoms with Crippen LogP contribution in [0.5, 0.6) is 5.75 Å². The summed E-state index contributed by atoms with van der Waals surface area (Å²) in [4.78, 5) is 12.1. The molecule has 6 nitrogen and oxygen atoms in total. The maximum atomic E-state index is 13.6. The molecule has 0 saturated heterocycles. The van der Waals surface area contributed by atoms with E-state index >= 15 is 0 Å². The van der Waals surface area contributed by atoms with E-state index in [2.05, 4.69) is 27.1 Å². The van der Waals surface area contributed by atoms with Crippen LogP contribution in [-0.4, -0.2) is 27.3 Å². The zero-order valence-corrected chi connectivity index (χ0v) is 15.8. The molecule has 0 aliphatic carbocycles. The smallest absolute Gasteiger partial charge is 0.295 e. The topological polar surface area (TPSA) is 80.7 Å². The second-order valence-electron chi connectivity index (χ2n) is 6.11. The zero-order chi connectivity index (χ0) is 19.3. The van der Waals surface area contributed by atoms with Gasteiger partial charge in [-0.3, -0.25) is 0 Å². The number of rotatable bonds is 7. The Hall–Kier alpha value is -3.13. The highest BCUT2D eigenvalue weighted by atomic mass is 32.2. The van der Waals surface area contributed by atoms with Gasteiger partial charge in [0.25, 0.3) is 5.65 Å². The molecule has 0 fully saturated rings. The third-order valence-electron chi connectivity index (χ3n) is 4.14. The van der Waals surface area contributed by atoms with Crippen LogP contribution in [-0.2, 0) is 6.54 Å². The number of hydrogen-bond acceptors (Lipinski definition) is 5. The van der Waals surface area contributed by atoms with Crippen molar-refractivity contribution < 1.29 is 13.7 Å². The number of nitrogens with one attached hydrogen (secondary N) is 1. The fraction of sp³-hybridized carbons (Fsp3) is 0.150. The fourth-order valence-electron chi connectivity index (χ4n) is 2.80. The molecule has 142 valence electrons. The summed E-state index contributed by atoms with van der Waals surface area (Å²) in [7, 11) is 0. The Kier molecular flexibility index (Phi) is 5.38. The largest absolute Gasteiger partial charge is 0.490 e. The van der Waals surface area contributed by atoms with Crippen molar-refractivity contribution in [3.8, 4) is 5.75 Å². The summed E-state index contributed by atoms with van der Waals surface area (Å²) >= 11 is 1.48. The second-order valence-corrected chi connectivity index (χ2v) is 7.19. The number of halogens is 1. The molecular formula is C20H19FN5OS+. The van der Waals surface area contributed by atoms with Crippen molar-refractivity contribution in [1.82, 2.24) is 15.0 Å². The quantitative estimate of drug-likeness (QED) is 0.285. The maximum Gasteiger partial charge on any atom is 0.295 e. The number of anilines is 1. The predicted molar refractivity (Wildman–Crippen MR) is 107 cm³/mol. The van der Waals surface area contributed by atoms with Gasteiger partial charge < -0.3 is 15.5 Å². The molecule has 2 aromatic carbocycles. The molecule has 28 heavy (non-hydrogen) atoms. The fourth-order valence-corrected chi connectivity index (χ4v) is 3.48. The lowest BCUT2D eigenvalue weighted by molar-refractivity contribution is -0.667. The number of nitrogens with two attached hydrogens (primary N) is 1. The van der Waals surface area contributed by atoms with E-state index in [9.17, 15) is 4.39 Å². The molecule has 0 unspecified atom stereocenters. The second kappa shape index (κ2) is 8.26. The first-order valence-corrected chi connectivity index (χ1v) is 9.77. The number of nitrogens with zero attached hydrogens (tertiary/aromatic N) is 3. The Bertz CT molecular complexity index is 1090. The van der Waals surface area contributed by atoms with Gasteiger partial charge in [-0.25, -0.2) is 8.96 Å². The summed E-state index contributed by atoms with van der Waals surface area (Å²) in [6.07, 6.45) is 1.70. The minimum Gasteiger partial charge on any atom is -0.490 e. The Morgan fingerprint density at radius 2 is 1.89 bits per heavy atom.